The monoisotopic (exact) mass is 331 g/mol. The van der Waals surface area contributed by atoms with Gasteiger partial charge in [0.05, 0.1) is 11.8 Å². The highest BCUT2D eigenvalue weighted by molar-refractivity contribution is 5.99. The average Bonchev–Trinajstić information content (AvgIpc) is 2.86. The third-order valence-electron chi connectivity index (χ3n) is 5.17. The van der Waals surface area contributed by atoms with Crippen LogP contribution in [0.1, 0.15) is 37.7 Å². The molecule has 1 N–H and O–H groups in total. The largest absolute Gasteiger partial charge is 0.481 e. The molecule has 0 spiro atoms. The van der Waals surface area contributed by atoms with Crippen molar-refractivity contribution in [2.24, 2.45) is 11.3 Å². The van der Waals surface area contributed by atoms with Crippen molar-refractivity contribution in [2.45, 2.75) is 38.7 Å². The van der Waals surface area contributed by atoms with E-state index >= 15 is 0 Å². The van der Waals surface area contributed by atoms with Gasteiger partial charge in [0, 0.05) is 6.54 Å². The maximum atomic E-state index is 12.8. The van der Waals surface area contributed by atoms with Crippen LogP contribution in [0.4, 0.5) is 4.79 Å². The fourth-order valence-corrected chi connectivity index (χ4v) is 3.96. The Morgan fingerprint density at radius 2 is 2.00 bits per heavy atom. The van der Waals surface area contributed by atoms with Gasteiger partial charge in [-0.25, -0.2) is 9.69 Å². The van der Waals surface area contributed by atoms with E-state index in [0.717, 1.165) is 29.7 Å². The predicted molar refractivity (Wildman–Crippen MR) is 85.0 cm³/mol. The molecule has 0 aromatic heterocycles. The van der Waals surface area contributed by atoms with Crippen molar-refractivity contribution in [3.63, 3.8) is 0 Å². The Morgan fingerprint density at radius 1 is 1.25 bits per heavy atom. The molecule has 6 heteroatoms. The maximum absolute atomic E-state index is 12.8. The minimum Gasteiger partial charge on any atom is -0.481 e. The maximum Gasteiger partial charge on any atom is 0.416 e. The van der Waals surface area contributed by atoms with Crippen LogP contribution >= 0.6 is 0 Å². The molecule has 128 valence electrons. The third kappa shape index (κ3) is 3.00. The number of likely N-dealkylation sites (tertiary alicyclic amines) is 1. The zero-order valence-corrected chi connectivity index (χ0v) is 13.4. The molecular formula is C18H21NO5. The lowest BCUT2D eigenvalue weighted by molar-refractivity contribution is -0.148. The number of nitrogens with zero attached hydrogens (tertiary/aromatic N) is 1. The fourth-order valence-electron chi connectivity index (χ4n) is 3.96. The van der Waals surface area contributed by atoms with Crippen LogP contribution in [-0.2, 0) is 20.9 Å². The molecule has 2 amide bonds. The Morgan fingerprint density at radius 3 is 2.71 bits per heavy atom. The van der Waals surface area contributed by atoms with E-state index in [4.69, 9.17) is 4.74 Å². The third-order valence-corrected chi connectivity index (χ3v) is 5.17. The van der Waals surface area contributed by atoms with E-state index < -0.39 is 17.5 Å². The van der Waals surface area contributed by atoms with Crippen molar-refractivity contribution >= 4 is 18.0 Å². The van der Waals surface area contributed by atoms with Gasteiger partial charge in [-0.15, -0.1) is 0 Å². The summed E-state index contributed by atoms with van der Waals surface area (Å²) in [5, 5.41) is 9.22. The van der Waals surface area contributed by atoms with E-state index in [-0.39, 0.29) is 31.4 Å². The molecule has 0 unspecified atom stereocenters. The number of hydrogen-bond donors (Lipinski definition) is 1. The number of amides is 2. The SMILES string of the molecule is O=C(O)C[C@]12CCCC[C@H]1CN(C(=O)OCc1ccccc1)C2=O. The highest BCUT2D eigenvalue weighted by Gasteiger charge is 2.57. The van der Waals surface area contributed by atoms with Crippen LogP contribution in [0.2, 0.25) is 0 Å². The molecule has 2 atom stereocenters. The van der Waals surface area contributed by atoms with Gasteiger partial charge in [-0.1, -0.05) is 43.2 Å². The topological polar surface area (TPSA) is 83.9 Å². The number of hydrogen-bond acceptors (Lipinski definition) is 4. The Balaban J connectivity index is 1.71. The first-order valence-corrected chi connectivity index (χ1v) is 8.27. The second-order valence-corrected chi connectivity index (χ2v) is 6.63. The number of aliphatic carboxylic acids is 1. The first-order chi connectivity index (χ1) is 11.5. The second-order valence-electron chi connectivity index (χ2n) is 6.63. The minimum atomic E-state index is -0.991. The number of fused-ring (bicyclic) bond motifs is 1. The van der Waals surface area contributed by atoms with Crippen LogP contribution in [0.3, 0.4) is 0 Å². The van der Waals surface area contributed by atoms with E-state index in [0.29, 0.717) is 6.42 Å². The number of carboxylic acids is 1. The molecule has 3 rings (SSSR count). The van der Waals surface area contributed by atoms with Crippen molar-refractivity contribution in [1.82, 2.24) is 4.90 Å². The van der Waals surface area contributed by atoms with Crippen LogP contribution in [0.5, 0.6) is 0 Å². The summed E-state index contributed by atoms with van der Waals surface area (Å²) in [6.45, 7) is 0.361. The molecule has 24 heavy (non-hydrogen) atoms. The summed E-state index contributed by atoms with van der Waals surface area (Å²) in [5.41, 5.74) is -0.0919. The summed E-state index contributed by atoms with van der Waals surface area (Å²) in [6, 6.07) is 9.24. The molecule has 0 bridgehead atoms. The van der Waals surface area contributed by atoms with E-state index in [2.05, 4.69) is 0 Å². The first kappa shape index (κ1) is 16.5. The van der Waals surface area contributed by atoms with Gasteiger partial charge in [-0.2, -0.15) is 0 Å². The van der Waals surface area contributed by atoms with Crippen LogP contribution in [0.15, 0.2) is 30.3 Å². The highest BCUT2D eigenvalue weighted by atomic mass is 16.6. The van der Waals surface area contributed by atoms with Gasteiger partial charge >= 0.3 is 12.1 Å². The van der Waals surface area contributed by atoms with Crippen LogP contribution < -0.4 is 0 Å². The molecule has 2 fully saturated rings. The van der Waals surface area contributed by atoms with E-state index in [1.807, 2.05) is 30.3 Å². The van der Waals surface area contributed by atoms with Gasteiger partial charge in [0.1, 0.15) is 6.61 Å². The van der Waals surface area contributed by atoms with Crippen molar-refractivity contribution in [3.8, 4) is 0 Å². The molecule has 1 saturated carbocycles. The summed E-state index contributed by atoms with van der Waals surface area (Å²) in [6.07, 6.45) is 2.21. The number of imide groups is 1. The van der Waals surface area contributed by atoms with Gasteiger partial charge in [-0.05, 0) is 24.3 Å². The molecule has 0 radical (unpaired) electrons. The molecular weight excluding hydrogens is 310 g/mol. The Kier molecular flexibility index (Phi) is 4.55. The zero-order chi connectivity index (χ0) is 17.2. The van der Waals surface area contributed by atoms with Crippen LogP contribution in [0.25, 0.3) is 0 Å². The molecule has 1 aromatic rings. The summed E-state index contributed by atoms with van der Waals surface area (Å²) in [5.74, 6) is -1.46. The molecule has 1 saturated heterocycles. The smallest absolute Gasteiger partial charge is 0.416 e. The molecule has 1 aromatic carbocycles. The van der Waals surface area contributed by atoms with Crippen molar-refractivity contribution in [1.29, 1.82) is 0 Å². The number of carbonyl (C=O) groups excluding carboxylic acids is 2. The van der Waals surface area contributed by atoms with Crippen molar-refractivity contribution < 1.29 is 24.2 Å². The lowest BCUT2D eigenvalue weighted by atomic mass is 9.66. The van der Waals surface area contributed by atoms with E-state index in [1.54, 1.807) is 0 Å². The summed E-state index contributed by atoms with van der Waals surface area (Å²) < 4.78 is 5.26. The summed E-state index contributed by atoms with van der Waals surface area (Å²) in [7, 11) is 0. The lowest BCUT2D eigenvalue weighted by Gasteiger charge is -2.35. The van der Waals surface area contributed by atoms with Gasteiger partial charge in [0.2, 0.25) is 5.91 Å². The number of carbonyl (C=O) groups is 3. The van der Waals surface area contributed by atoms with E-state index in [9.17, 15) is 19.5 Å². The van der Waals surface area contributed by atoms with Gasteiger partial charge in [0.25, 0.3) is 0 Å². The first-order valence-electron chi connectivity index (χ1n) is 8.27. The Labute approximate surface area is 140 Å². The molecule has 1 aliphatic heterocycles. The highest BCUT2D eigenvalue weighted by Crippen LogP contribution is 2.50. The predicted octanol–water partition coefficient (Wildman–Crippen LogP) is 2.82. The Bertz CT molecular complexity index is 644. The van der Waals surface area contributed by atoms with Crippen molar-refractivity contribution in [3.05, 3.63) is 35.9 Å². The lowest BCUT2D eigenvalue weighted by Crippen LogP contribution is -2.42. The van der Waals surface area contributed by atoms with E-state index in [1.165, 1.54) is 0 Å². The van der Waals surface area contributed by atoms with Gasteiger partial charge < -0.3 is 9.84 Å². The van der Waals surface area contributed by atoms with Gasteiger partial charge in [0.15, 0.2) is 0 Å². The minimum absolute atomic E-state index is 0.0841. The van der Waals surface area contributed by atoms with Crippen LogP contribution in [0, 0.1) is 11.3 Å². The average molecular weight is 331 g/mol. The fraction of sp³-hybridized carbons (Fsp3) is 0.500. The molecule has 2 aliphatic rings. The Hall–Kier alpha value is -2.37. The number of carboxylic acid groups (broad SMARTS) is 1. The molecule has 1 heterocycles. The normalized spacial score (nSPS) is 26.1. The quantitative estimate of drug-likeness (QED) is 0.917. The van der Waals surface area contributed by atoms with Crippen molar-refractivity contribution in [2.75, 3.05) is 6.54 Å². The molecule has 1 aliphatic carbocycles. The zero-order valence-electron chi connectivity index (χ0n) is 13.4. The number of ether oxygens (including phenoxy) is 1. The van der Waals surface area contributed by atoms with Crippen LogP contribution in [-0.4, -0.2) is 34.5 Å². The summed E-state index contributed by atoms with van der Waals surface area (Å²) in [4.78, 5) is 37.5. The summed E-state index contributed by atoms with van der Waals surface area (Å²) >= 11 is 0. The number of rotatable bonds is 4. The van der Waals surface area contributed by atoms with Gasteiger partial charge in [-0.3, -0.25) is 9.59 Å². The standard InChI is InChI=1S/C18H21NO5/c20-15(21)10-18-9-5-4-8-14(18)11-19(16(18)22)17(23)24-12-13-6-2-1-3-7-13/h1-3,6-7,14H,4-5,8-12H2,(H,20,21)/t14-,18+/m0/s1. The molecule has 6 nitrogen and oxygen atoms in total. The second kappa shape index (κ2) is 6.63. The number of benzene rings is 1.